The number of carbonyl (C=O) groups excluding carboxylic acids is 2. The summed E-state index contributed by atoms with van der Waals surface area (Å²) in [7, 11) is 0. The number of aryl methyl sites for hydroxylation is 1. The minimum Gasteiger partial charge on any atom is -0.507 e. The van der Waals surface area contributed by atoms with Crippen LogP contribution in [0.3, 0.4) is 0 Å². The van der Waals surface area contributed by atoms with E-state index in [1.807, 2.05) is 39.0 Å². The van der Waals surface area contributed by atoms with Crippen LogP contribution in [0.1, 0.15) is 45.7 Å². The van der Waals surface area contributed by atoms with Crippen LogP contribution in [0.25, 0.3) is 0 Å². The minimum absolute atomic E-state index is 0.0817. The predicted octanol–water partition coefficient (Wildman–Crippen LogP) is 4.56. The molecule has 0 radical (unpaired) electrons. The van der Waals surface area contributed by atoms with Crippen LogP contribution >= 0.6 is 0 Å². The molecule has 0 aliphatic carbocycles. The van der Waals surface area contributed by atoms with E-state index >= 15 is 0 Å². The average molecular weight is 445 g/mol. The number of rotatable bonds is 8. The molecule has 0 saturated carbocycles. The highest BCUT2D eigenvalue weighted by Crippen LogP contribution is 2.23. The van der Waals surface area contributed by atoms with E-state index in [-0.39, 0.29) is 11.7 Å². The fourth-order valence-electron chi connectivity index (χ4n) is 3.30. The van der Waals surface area contributed by atoms with E-state index in [0.717, 1.165) is 24.3 Å². The van der Waals surface area contributed by atoms with Crippen molar-refractivity contribution in [1.82, 2.24) is 5.43 Å². The Hall–Kier alpha value is -4.13. The molecule has 0 heterocycles. The van der Waals surface area contributed by atoms with Crippen molar-refractivity contribution < 1.29 is 14.7 Å². The summed E-state index contributed by atoms with van der Waals surface area (Å²) >= 11 is 0. The number of nitrogens with zero attached hydrogens (tertiary/aromatic N) is 2. The van der Waals surface area contributed by atoms with Crippen LogP contribution in [-0.2, 0) is 0 Å². The molecule has 3 N–H and O–H groups in total. The molecule has 33 heavy (non-hydrogen) atoms. The summed E-state index contributed by atoms with van der Waals surface area (Å²) in [6.45, 7) is 7.73. The highest BCUT2D eigenvalue weighted by atomic mass is 16.3. The van der Waals surface area contributed by atoms with E-state index in [2.05, 4.69) is 20.7 Å². The number of hydrogen-bond acceptors (Lipinski definition) is 5. The Kier molecular flexibility index (Phi) is 7.81. The fourth-order valence-corrected chi connectivity index (χ4v) is 3.30. The summed E-state index contributed by atoms with van der Waals surface area (Å²) in [5.41, 5.74) is 6.31. The Morgan fingerprint density at radius 2 is 1.67 bits per heavy atom. The number of aromatic hydroxyl groups is 1. The van der Waals surface area contributed by atoms with Gasteiger partial charge in [-0.3, -0.25) is 9.59 Å². The molecular weight excluding hydrogens is 416 g/mol. The van der Waals surface area contributed by atoms with Crippen molar-refractivity contribution in [3.05, 3.63) is 89.0 Å². The van der Waals surface area contributed by atoms with Crippen LogP contribution in [0.5, 0.6) is 5.75 Å². The number of phenolic OH excluding ortho intramolecular Hbond substituents is 1. The number of carbonyl (C=O) groups is 2. The number of nitrogens with one attached hydrogen (secondary N) is 2. The molecule has 0 aliphatic rings. The summed E-state index contributed by atoms with van der Waals surface area (Å²) in [6, 6.07) is 19.2. The topological polar surface area (TPSA) is 94.0 Å². The molecule has 2 amide bonds. The summed E-state index contributed by atoms with van der Waals surface area (Å²) in [6.07, 6.45) is 1.39. The third kappa shape index (κ3) is 6.20. The summed E-state index contributed by atoms with van der Waals surface area (Å²) < 4.78 is 0. The smallest absolute Gasteiger partial charge is 0.271 e. The second kappa shape index (κ2) is 10.9. The van der Waals surface area contributed by atoms with E-state index in [9.17, 15) is 14.7 Å². The molecule has 0 bridgehead atoms. The molecule has 0 aliphatic heterocycles. The first-order valence-electron chi connectivity index (χ1n) is 10.8. The Balaban J connectivity index is 1.63. The van der Waals surface area contributed by atoms with Crippen LogP contribution in [0.15, 0.2) is 71.8 Å². The number of phenols is 1. The molecule has 0 aromatic heterocycles. The molecular formula is C26H28N4O3. The van der Waals surface area contributed by atoms with Crippen LogP contribution in [0.4, 0.5) is 11.4 Å². The number of anilines is 2. The average Bonchev–Trinajstić information content (AvgIpc) is 2.81. The Labute approximate surface area is 193 Å². The molecule has 7 heteroatoms. The minimum atomic E-state index is -0.433. The van der Waals surface area contributed by atoms with Gasteiger partial charge in [0, 0.05) is 47.2 Å². The van der Waals surface area contributed by atoms with Gasteiger partial charge in [0.1, 0.15) is 5.75 Å². The van der Waals surface area contributed by atoms with Gasteiger partial charge in [-0.05, 0) is 63.2 Å². The van der Waals surface area contributed by atoms with Crippen LogP contribution < -0.4 is 15.6 Å². The number of benzene rings is 3. The maximum absolute atomic E-state index is 12.5. The van der Waals surface area contributed by atoms with Crippen LogP contribution in [-0.4, -0.2) is 36.2 Å². The van der Waals surface area contributed by atoms with E-state index in [0.29, 0.717) is 22.4 Å². The largest absolute Gasteiger partial charge is 0.507 e. The van der Waals surface area contributed by atoms with Crippen molar-refractivity contribution in [3.63, 3.8) is 0 Å². The highest BCUT2D eigenvalue weighted by Gasteiger charge is 2.10. The van der Waals surface area contributed by atoms with Crippen molar-refractivity contribution in [3.8, 4) is 5.75 Å². The van der Waals surface area contributed by atoms with Gasteiger partial charge < -0.3 is 15.3 Å². The standard InChI is InChI=1S/C26H28N4O3/c1-4-30(5-2)23-14-13-21(24(31)16-23)17-27-29-26(33)20-7-6-8-22(15-20)28-25(32)19-11-9-18(3)10-12-19/h6-17,31H,4-5H2,1-3H3,(H,28,32)(H,29,33)/b27-17+. The van der Waals surface area contributed by atoms with E-state index in [4.69, 9.17) is 0 Å². The third-order valence-electron chi connectivity index (χ3n) is 5.21. The van der Waals surface area contributed by atoms with E-state index < -0.39 is 5.91 Å². The highest BCUT2D eigenvalue weighted by molar-refractivity contribution is 6.05. The molecule has 170 valence electrons. The van der Waals surface area contributed by atoms with Gasteiger partial charge in [-0.2, -0.15) is 5.10 Å². The maximum Gasteiger partial charge on any atom is 0.271 e. The Morgan fingerprint density at radius 3 is 2.33 bits per heavy atom. The summed E-state index contributed by atoms with van der Waals surface area (Å²) in [5.74, 6) is -0.607. The van der Waals surface area contributed by atoms with Gasteiger partial charge in [-0.1, -0.05) is 23.8 Å². The van der Waals surface area contributed by atoms with Gasteiger partial charge in [0.15, 0.2) is 0 Å². The first-order valence-corrected chi connectivity index (χ1v) is 10.8. The number of hydrogen-bond donors (Lipinski definition) is 3. The first kappa shape index (κ1) is 23.5. The SMILES string of the molecule is CCN(CC)c1ccc(/C=N/NC(=O)c2cccc(NC(=O)c3ccc(C)cc3)c2)c(O)c1. The molecule has 3 rings (SSSR count). The van der Waals surface area contributed by atoms with Crippen molar-refractivity contribution in [2.24, 2.45) is 5.10 Å². The van der Waals surface area contributed by atoms with Gasteiger partial charge in [-0.15, -0.1) is 0 Å². The van der Waals surface area contributed by atoms with Gasteiger partial charge in [-0.25, -0.2) is 5.43 Å². The number of amides is 2. The van der Waals surface area contributed by atoms with Gasteiger partial charge >= 0.3 is 0 Å². The van der Waals surface area contributed by atoms with Gasteiger partial charge in [0.2, 0.25) is 0 Å². The second-order valence-corrected chi connectivity index (χ2v) is 7.52. The number of hydrazone groups is 1. The zero-order chi connectivity index (χ0) is 23.8. The van der Waals surface area contributed by atoms with E-state index in [1.165, 1.54) is 6.21 Å². The lowest BCUT2D eigenvalue weighted by molar-refractivity contribution is 0.0953. The van der Waals surface area contributed by atoms with Crippen molar-refractivity contribution in [1.29, 1.82) is 0 Å². The quantitative estimate of drug-likeness (QED) is 0.351. The second-order valence-electron chi connectivity index (χ2n) is 7.52. The molecule has 7 nitrogen and oxygen atoms in total. The van der Waals surface area contributed by atoms with Crippen molar-refractivity contribution in [2.75, 3.05) is 23.3 Å². The first-order chi connectivity index (χ1) is 15.9. The molecule has 3 aromatic rings. The zero-order valence-electron chi connectivity index (χ0n) is 19.0. The monoisotopic (exact) mass is 444 g/mol. The van der Waals surface area contributed by atoms with Gasteiger partial charge in [0.25, 0.3) is 11.8 Å². The van der Waals surface area contributed by atoms with Crippen molar-refractivity contribution >= 4 is 29.4 Å². The lowest BCUT2D eigenvalue weighted by Gasteiger charge is -2.21. The Bertz CT molecular complexity index is 1150. The third-order valence-corrected chi connectivity index (χ3v) is 5.21. The summed E-state index contributed by atoms with van der Waals surface area (Å²) in [5, 5.41) is 17.0. The fraction of sp³-hybridized carbons (Fsp3) is 0.192. The molecule has 3 aromatic carbocycles. The molecule has 0 spiro atoms. The lowest BCUT2D eigenvalue weighted by Crippen LogP contribution is -2.21. The lowest BCUT2D eigenvalue weighted by atomic mass is 10.1. The Morgan fingerprint density at radius 1 is 0.939 bits per heavy atom. The molecule has 0 unspecified atom stereocenters. The van der Waals surface area contributed by atoms with Crippen LogP contribution in [0.2, 0.25) is 0 Å². The summed E-state index contributed by atoms with van der Waals surface area (Å²) in [4.78, 5) is 27.0. The molecule has 0 saturated heterocycles. The van der Waals surface area contributed by atoms with Crippen molar-refractivity contribution in [2.45, 2.75) is 20.8 Å². The van der Waals surface area contributed by atoms with Gasteiger partial charge in [0.05, 0.1) is 6.21 Å². The normalized spacial score (nSPS) is 10.8. The van der Waals surface area contributed by atoms with E-state index in [1.54, 1.807) is 48.5 Å². The zero-order valence-corrected chi connectivity index (χ0v) is 19.0. The molecule has 0 atom stereocenters. The predicted molar refractivity (Wildman–Crippen MR) is 132 cm³/mol. The maximum atomic E-state index is 12.5. The molecule has 0 fully saturated rings. The van der Waals surface area contributed by atoms with Crippen LogP contribution in [0, 0.1) is 6.92 Å².